The van der Waals surface area contributed by atoms with Crippen molar-refractivity contribution in [2.75, 3.05) is 21.7 Å². The first-order valence-electron chi connectivity index (χ1n) is 12.1. The fourth-order valence-electron chi connectivity index (χ4n) is 4.32. The van der Waals surface area contributed by atoms with Crippen molar-refractivity contribution in [3.63, 3.8) is 0 Å². The van der Waals surface area contributed by atoms with E-state index in [1.807, 2.05) is 38.1 Å². The van der Waals surface area contributed by atoms with Crippen LogP contribution < -0.4 is 15.5 Å². The Labute approximate surface area is 210 Å². The second-order valence-corrected chi connectivity index (χ2v) is 10.7. The summed E-state index contributed by atoms with van der Waals surface area (Å²) in [4.78, 5) is 40.2. The van der Waals surface area contributed by atoms with E-state index in [-0.39, 0.29) is 23.5 Å². The number of benzene rings is 2. The van der Waals surface area contributed by atoms with Crippen molar-refractivity contribution < 1.29 is 18.6 Å². The van der Waals surface area contributed by atoms with Crippen LogP contribution in [0.15, 0.2) is 48.5 Å². The fraction of sp³-hybridized carbons (Fsp3) is 0.444. The first-order chi connectivity index (χ1) is 16.7. The van der Waals surface area contributed by atoms with Crippen molar-refractivity contribution in [1.82, 2.24) is 5.32 Å². The summed E-state index contributed by atoms with van der Waals surface area (Å²) < 4.78 is 12.7. The molecule has 2 atom stereocenters. The van der Waals surface area contributed by atoms with Crippen molar-refractivity contribution in [2.24, 2.45) is 0 Å². The van der Waals surface area contributed by atoms with Gasteiger partial charge < -0.3 is 10.6 Å². The van der Waals surface area contributed by atoms with E-state index < -0.39 is 28.7 Å². The molecule has 7 nitrogen and oxygen atoms in total. The maximum atomic E-state index is 13.3. The van der Waals surface area contributed by atoms with Gasteiger partial charge in [-0.3, -0.25) is 23.5 Å². The van der Waals surface area contributed by atoms with Crippen LogP contribution in [0.5, 0.6) is 0 Å². The SMILES string of the molecule is Cc1ccc(NC(=O)C[S@](=O)CC(=O)N(c2ccccc2C)[C@H](C)C(=O)NC2CCCCC2)cc1. The molecule has 1 fully saturated rings. The van der Waals surface area contributed by atoms with Crippen LogP contribution in [0.25, 0.3) is 0 Å². The minimum absolute atomic E-state index is 0.118. The van der Waals surface area contributed by atoms with E-state index in [9.17, 15) is 18.6 Å². The third kappa shape index (κ3) is 7.75. The summed E-state index contributed by atoms with van der Waals surface area (Å²) in [6.07, 6.45) is 5.24. The van der Waals surface area contributed by atoms with Gasteiger partial charge in [-0.25, -0.2) is 0 Å². The molecular weight excluding hydrogens is 462 g/mol. The number of hydrogen-bond acceptors (Lipinski definition) is 4. The zero-order chi connectivity index (χ0) is 25.4. The fourth-order valence-corrected chi connectivity index (χ4v) is 5.20. The molecule has 0 heterocycles. The zero-order valence-corrected chi connectivity index (χ0v) is 21.5. The molecule has 0 unspecified atom stereocenters. The van der Waals surface area contributed by atoms with Gasteiger partial charge in [-0.2, -0.15) is 0 Å². The lowest BCUT2D eigenvalue weighted by atomic mass is 9.95. The van der Waals surface area contributed by atoms with Crippen LogP contribution in [-0.2, 0) is 25.2 Å². The van der Waals surface area contributed by atoms with Crippen molar-refractivity contribution in [1.29, 1.82) is 0 Å². The van der Waals surface area contributed by atoms with E-state index >= 15 is 0 Å². The highest BCUT2D eigenvalue weighted by atomic mass is 32.2. The summed E-state index contributed by atoms with van der Waals surface area (Å²) >= 11 is 0. The molecule has 2 N–H and O–H groups in total. The van der Waals surface area contributed by atoms with E-state index in [0.29, 0.717) is 11.4 Å². The predicted octanol–water partition coefficient (Wildman–Crippen LogP) is 3.86. The van der Waals surface area contributed by atoms with Gasteiger partial charge in [-0.1, -0.05) is 55.2 Å². The number of nitrogens with zero attached hydrogens (tertiary/aromatic N) is 1. The first kappa shape index (κ1) is 26.6. The molecule has 0 aromatic heterocycles. The minimum Gasteiger partial charge on any atom is -0.352 e. The van der Waals surface area contributed by atoms with Gasteiger partial charge in [-0.05, 0) is 57.4 Å². The van der Waals surface area contributed by atoms with Crippen molar-refractivity contribution >= 4 is 39.9 Å². The monoisotopic (exact) mass is 497 g/mol. The Morgan fingerprint density at radius 2 is 1.63 bits per heavy atom. The molecule has 1 aliphatic rings. The van der Waals surface area contributed by atoms with Gasteiger partial charge in [-0.15, -0.1) is 0 Å². The second-order valence-electron chi connectivity index (χ2n) is 9.21. The number of amides is 3. The Morgan fingerprint density at radius 1 is 0.971 bits per heavy atom. The lowest BCUT2D eigenvalue weighted by Crippen LogP contribution is -2.52. The summed E-state index contributed by atoms with van der Waals surface area (Å²) in [6.45, 7) is 5.51. The normalized spacial score (nSPS) is 15.6. The number of carbonyl (C=O) groups is 3. The third-order valence-electron chi connectivity index (χ3n) is 6.27. The topological polar surface area (TPSA) is 95.6 Å². The Balaban J connectivity index is 1.68. The third-order valence-corrected chi connectivity index (χ3v) is 7.43. The maximum Gasteiger partial charge on any atom is 0.243 e. The molecule has 2 aromatic rings. The predicted molar refractivity (Wildman–Crippen MR) is 141 cm³/mol. The largest absolute Gasteiger partial charge is 0.352 e. The summed E-state index contributed by atoms with van der Waals surface area (Å²) in [5, 5.41) is 5.80. The Morgan fingerprint density at radius 3 is 2.29 bits per heavy atom. The molecule has 1 aliphatic carbocycles. The quantitative estimate of drug-likeness (QED) is 0.550. The van der Waals surface area contributed by atoms with Gasteiger partial charge >= 0.3 is 0 Å². The molecule has 8 heteroatoms. The summed E-state index contributed by atoms with van der Waals surface area (Å²) in [7, 11) is -1.73. The Kier molecular flexibility index (Phi) is 9.60. The van der Waals surface area contributed by atoms with Gasteiger partial charge in [0, 0.05) is 28.2 Å². The Bertz CT molecular complexity index is 1060. The van der Waals surface area contributed by atoms with E-state index in [2.05, 4.69) is 10.6 Å². The number of hydrogen-bond donors (Lipinski definition) is 2. The highest BCUT2D eigenvalue weighted by Crippen LogP contribution is 2.23. The van der Waals surface area contributed by atoms with Crippen LogP contribution >= 0.6 is 0 Å². The van der Waals surface area contributed by atoms with E-state index in [1.54, 1.807) is 31.2 Å². The first-order valence-corrected chi connectivity index (χ1v) is 13.6. The number of nitrogens with one attached hydrogen (secondary N) is 2. The van der Waals surface area contributed by atoms with Gasteiger partial charge in [0.1, 0.15) is 17.5 Å². The van der Waals surface area contributed by atoms with Crippen LogP contribution in [0.4, 0.5) is 11.4 Å². The average molecular weight is 498 g/mol. The van der Waals surface area contributed by atoms with Gasteiger partial charge in [0.2, 0.25) is 17.7 Å². The highest BCUT2D eigenvalue weighted by Gasteiger charge is 2.31. The number of para-hydroxylation sites is 1. The van der Waals surface area contributed by atoms with Gasteiger partial charge in [0.25, 0.3) is 0 Å². The Hall–Kier alpha value is -3.00. The molecule has 0 spiro atoms. The standard InChI is InChI=1S/C27H35N3O4S/c1-19-13-15-23(16-14-19)28-25(31)17-35(34)18-26(32)30(24-12-8-7-9-20(24)2)21(3)27(33)29-22-10-5-4-6-11-22/h7-9,12-16,21-22H,4-6,10-11,17-18H2,1-3H3,(H,28,31)(H,29,33)/t21-,35+/m1/s1. The average Bonchev–Trinajstić information content (AvgIpc) is 2.82. The van der Waals surface area contributed by atoms with E-state index in [0.717, 1.165) is 36.8 Å². The molecule has 3 rings (SSSR count). The molecule has 2 aromatic carbocycles. The molecule has 35 heavy (non-hydrogen) atoms. The molecular formula is C27H35N3O4S. The molecule has 1 saturated carbocycles. The molecule has 0 radical (unpaired) electrons. The zero-order valence-electron chi connectivity index (χ0n) is 20.7. The summed E-state index contributed by atoms with van der Waals surface area (Å²) in [5.74, 6) is -1.75. The molecule has 0 aliphatic heterocycles. The van der Waals surface area contributed by atoms with Crippen molar-refractivity contribution in [2.45, 2.75) is 65.0 Å². The van der Waals surface area contributed by atoms with Gasteiger partial charge in [0.15, 0.2) is 0 Å². The summed E-state index contributed by atoms with van der Waals surface area (Å²) in [5.41, 5.74) is 3.11. The molecule has 0 saturated heterocycles. The highest BCUT2D eigenvalue weighted by molar-refractivity contribution is 7.86. The smallest absolute Gasteiger partial charge is 0.243 e. The molecule has 0 bridgehead atoms. The lowest BCUT2D eigenvalue weighted by molar-refractivity contribution is -0.126. The van der Waals surface area contributed by atoms with Crippen LogP contribution in [0.2, 0.25) is 0 Å². The lowest BCUT2D eigenvalue weighted by Gasteiger charge is -2.32. The molecule has 188 valence electrons. The van der Waals surface area contributed by atoms with Crippen LogP contribution in [0, 0.1) is 13.8 Å². The second kappa shape index (κ2) is 12.6. The van der Waals surface area contributed by atoms with Crippen LogP contribution in [0.3, 0.4) is 0 Å². The minimum atomic E-state index is -1.73. The van der Waals surface area contributed by atoms with Crippen LogP contribution in [0.1, 0.15) is 50.2 Å². The number of rotatable bonds is 9. The molecule has 3 amide bonds. The van der Waals surface area contributed by atoms with E-state index in [4.69, 9.17) is 0 Å². The number of anilines is 2. The number of aryl methyl sites for hydroxylation is 2. The summed E-state index contributed by atoms with van der Waals surface area (Å²) in [6, 6.07) is 13.9. The van der Waals surface area contributed by atoms with E-state index in [1.165, 1.54) is 11.3 Å². The van der Waals surface area contributed by atoms with Crippen LogP contribution in [-0.4, -0.2) is 45.5 Å². The maximum absolute atomic E-state index is 13.3. The van der Waals surface area contributed by atoms with Crippen molar-refractivity contribution in [3.8, 4) is 0 Å². The number of carbonyl (C=O) groups excluding carboxylic acids is 3. The van der Waals surface area contributed by atoms with Crippen molar-refractivity contribution in [3.05, 3.63) is 59.7 Å². The van der Waals surface area contributed by atoms with Gasteiger partial charge in [0.05, 0.1) is 0 Å².